The molecule has 0 spiro atoms. The lowest BCUT2D eigenvalue weighted by atomic mass is 10.2. The number of rotatable bonds is 5. The van der Waals surface area contributed by atoms with E-state index in [1.165, 1.54) is 11.3 Å². The first-order valence-corrected chi connectivity index (χ1v) is 8.16. The lowest BCUT2D eigenvalue weighted by Gasteiger charge is -2.16. The molecule has 2 heterocycles. The van der Waals surface area contributed by atoms with E-state index in [2.05, 4.69) is 15.6 Å². The van der Waals surface area contributed by atoms with Crippen LogP contribution in [0.3, 0.4) is 0 Å². The number of aliphatic hydroxyl groups is 1. The Morgan fingerprint density at radius 1 is 1.21 bits per heavy atom. The van der Waals surface area contributed by atoms with Gasteiger partial charge in [0.05, 0.1) is 17.0 Å². The van der Waals surface area contributed by atoms with Crippen LogP contribution in [0.15, 0.2) is 54.0 Å². The van der Waals surface area contributed by atoms with E-state index in [1.807, 2.05) is 12.1 Å². The maximum atomic E-state index is 12.3. The normalized spacial score (nSPS) is 11.9. The molecule has 0 bridgehead atoms. The van der Waals surface area contributed by atoms with Crippen molar-refractivity contribution in [3.63, 3.8) is 0 Å². The maximum Gasteiger partial charge on any atom is 0.262 e. The second kappa shape index (κ2) is 7.20. The highest BCUT2D eigenvalue weighted by Crippen LogP contribution is 2.17. The average molecular weight is 341 g/mol. The van der Waals surface area contributed by atoms with Gasteiger partial charge in [0.25, 0.3) is 5.91 Å². The molecule has 6 nitrogen and oxygen atoms in total. The maximum absolute atomic E-state index is 12.3. The Morgan fingerprint density at radius 3 is 2.83 bits per heavy atom. The lowest BCUT2D eigenvalue weighted by Crippen LogP contribution is -2.46. The van der Waals surface area contributed by atoms with Crippen LogP contribution in [0.25, 0.3) is 10.9 Å². The molecule has 3 N–H and O–H groups in total. The smallest absolute Gasteiger partial charge is 0.262 e. The molecule has 7 heteroatoms. The number of benzene rings is 1. The number of pyridine rings is 1. The van der Waals surface area contributed by atoms with Crippen LogP contribution < -0.4 is 10.6 Å². The zero-order valence-corrected chi connectivity index (χ0v) is 13.4. The molecule has 0 aliphatic rings. The minimum Gasteiger partial charge on any atom is -0.394 e. The fourth-order valence-electron chi connectivity index (χ4n) is 2.21. The van der Waals surface area contributed by atoms with Gasteiger partial charge in [0.2, 0.25) is 5.91 Å². The third-order valence-corrected chi connectivity index (χ3v) is 4.29. The topological polar surface area (TPSA) is 91.3 Å². The summed E-state index contributed by atoms with van der Waals surface area (Å²) in [5.41, 5.74) is 1.39. The van der Waals surface area contributed by atoms with Gasteiger partial charge < -0.3 is 15.7 Å². The second-order valence-corrected chi connectivity index (χ2v) is 6.03. The van der Waals surface area contributed by atoms with Crippen molar-refractivity contribution in [1.82, 2.24) is 10.3 Å². The first-order chi connectivity index (χ1) is 11.7. The zero-order chi connectivity index (χ0) is 16.9. The molecular formula is C17H15N3O3S. The molecule has 0 fully saturated rings. The number of carbonyl (C=O) groups is 2. The van der Waals surface area contributed by atoms with E-state index in [0.29, 0.717) is 10.6 Å². The van der Waals surface area contributed by atoms with E-state index in [1.54, 1.807) is 41.9 Å². The summed E-state index contributed by atoms with van der Waals surface area (Å²) in [4.78, 5) is 29.0. The predicted molar refractivity (Wildman–Crippen MR) is 93.0 cm³/mol. The molecule has 0 aliphatic carbocycles. The summed E-state index contributed by atoms with van der Waals surface area (Å²) in [6.07, 6.45) is 1.70. The van der Waals surface area contributed by atoms with Crippen molar-refractivity contribution >= 4 is 39.7 Å². The van der Waals surface area contributed by atoms with E-state index in [-0.39, 0.29) is 5.91 Å². The van der Waals surface area contributed by atoms with Gasteiger partial charge >= 0.3 is 0 Å². The number of nitrogens with zero attached hydrogens (tertiary/aromatic N) is 1. The number of aliphatic hydroxyl groups excluding tert-OH is 1. The second-order valence-electron chi connectivity index (χ2n) is 5.09. The molecular weight excluding hydrogens is 326 g/mol. The number of hydrogen-bond acceptors (Lipinski definition) is 5. The van der Waals surface area contributed by atoms with Gasteiger partial charge in [-0.1, -0.05) is 12.1 Å². The van der Waals surface area contributed by atoms with Crippen molar-refractivity contribution in [2.24, 2.45) is 0 Å². The average Bonchev–Trinajstić information content (AvgIpc) is 3.14. The molecule has 0 saturated heterocycles. The van der Waals surface area contributed by atoms with E-state index in [4.69, 9.17) is 0 Å². The van der Waals surface area contributed by atoms with Gasteiger partial charge in [-0.25, -0.2) is 0 Å². The lowest BCUT2D eigenvalue weighted by molar-refractivity contribution is -0.118. The third kappa shape index (κ3) is 3.58. The molecule has 0 aliphatic heterocycles. The zero-order valence-electron chi connectivity index (χ0n) is 12.6. The highest BCUT2D eigenvalue weighted by molar-refractivity contribution is 7.12. The van der Waals surface area contributed by atoms with Crippen LogP contribution in [0.4, 0.5) is 5.69 Å². The minimum absolute atomic E-state index is 0.387. The van der Waals surface area contributed by atoms with Gasteiger partial charge in [0, 0.05) is 17.3 Å². The molecule has 3 aromatic rings. The Kier molecular flexibility index (Phi) is 4.83. The molecule has 2 amide bonds. The fourth-order valence-corrected chi connectivity index (χ4v) is 2.84. The van der Waals surface area contributed by atoms with Crippen LogP contribution in [0.1, 0.15) is 9.67 Å². The van der Waals surface area contributed by atoms with Crippen LogP contribution in [0.2, 0.25) is 0 Å². The summed E-state index contributed by atoms with van der Waals surface area (Å²) in [5, 5.41) is 17.3. The summed E-state index contributed by atoms with van der Waals surface area (Å²) in [6, 6.07) is 11.4. The summed E-state index contributed by atoms with van der Waals surface area (Å²) in [7, 11) is 0. The standard InChI is InChI=1S/C17H15N3O3S/c21-10-14(20-17(23)15-4-2-8-24-15)16(22)19-12-5-6-13-11(9-12)3-1-7-18-13/h1-9,14,21H,10H2,(H,19,22)(H,20,23)/t14-/m0/s1. The first kappa shape index (κ1) is 16.1. The van der Waals surface area contributed by atoms with Crippen LogP contribution in [0.5, 0.6) is 0 Å². The van der Waals surface area contributed by atoms with Gasteiger partial charge in [-0.15, -0.1) is 11.3 Å². The van der Waals surface area contributed by atoms with Crippen LogP contribution >= 0.6 is 11.3 Å². The number of nitrogens with one attached hydrogen (secondary N) is 2. The van der Waals surface area contributed by atoms with Crippen molar-refractivity contribution in [2.75, 3.05) is 11.9 Å². The van der Waals surface area contributed by atoms with E-state index >= 15 is 0 Å². The van der Waals surface area contributed by atoms with Gasteiger partial charge in [-0.3, -0.25) is 14.6 Å². The number of amides is 2. The molecule has 0 saturated carbocycles. The largest absolute Gasteiger partial charge is 0.394 e. The SMILES string of the molecule is O=C(N[C@@H](CO)C(=O)Nc1ccc2ncccc2c1)c1cccs1. The summed E-state index contributed by atoms with van der Waals surface area (Å²) >= 11 is 1.27. The molecule has 0 unspecified atom stereocenters. The Balaban J connectivity index is 1.70. The molecule has 3 rings (SSSR count). The van der Waals surface area contributed by atoms with Gasteiger partial charge in [0.15, 0.2) is 0 Å². The van der Waals surface area contributed by atoms with Crippen LogP contribution in [-0.2, 0) is 4.79 Å². The van der Waals surface area contributed by atoms with Crippen LogP contribution in [0, 0.1) is 0 Å². The number of carbonyl (C=O) groups excluding carboxylic acids is 2. The molecule has 2 aromatic heterocycles. The first-order valence-electron chi connectivity index (χ1n) is 7.28. The Bertz CT molecular complexity index is 864. The molecule has 122 valence electrons. The molecule has 1 atom stereocenters. The monoisotopic (exact) mass is 341 g/mol. The van der Waals surface area contributed by atoms with E-state index < -0.39 is 18.6 Å². The quantitative estimate of drug-likeness (QED) is 0.662. The number of anilines is 1. The Labute approximate surface area is 142 Å². The van der Waals surface area contributed by atoms with Gasteiger partial charge in [0.1, 0.15) is 6.04 Å². The van der Waals surface area contributed by atoms with Crippen molar-refractivity contribution < 1.29 is 14.7 Å². The molecule has 0 radical (unpaired) electrons. The fraction of sp³-hybridized carbons (Fsp3) is 0.118. The van der Waals surface area contributed by atoms with Gasteiger partial charge in [-0.2, -0.15) is 0 Å². The highest BCUT2D eigenvalue weighted by atomic mass is 32.1. The molecule has 1 aromatic carbocycles. The summed E-state index contributed by atoms with van der Waals surface area (Å²) < 4.78 is 0. The minimum atomic E-state index is -1.02. The van der Waals surface area contributed by atoms with Crippen molar-refractivity contribution in [2.45, 2.75) is 6.04 Å². The van der Waals surface area contributed by atoms with E-state index in [9.17, 15) is 14.7 Å². The highest BCUT2D eigenvalue weighted by Gasteiger charge is 2.21. The van der Waals surface area contributed by atoms with Gasteiger partial charge in [-0.05, 0) is 35.7 Å². The molecule has 24 heavy (non-hydrogen) atoms. The predicted octanol–water partition coefficient (Wildman–Crippen LogP) is 2.03. The summed E-state index contributed by atoms with van der Waals surface area (Å²) in [6.45, 7) is -0.488. The van der Waals surface area contributed by atoms with Crippen LogP contribution in [-0.4, -0.2) is 34.6 Å². The number of thiophene rings is 1. The third-order valence-electron chi connectivity index (χ3n) is 3.42. The summed E-state index contributed by atoms with van der Waals surface area (Å²) in [5.74, 6) is -0.868. The van der Waals surface area contributed by atoms with Crippen molar-refractivity contribution in [3.8, 4) is 0 Å². The number of hydrogen-bond donors (Lipinski definition) is 3. The number of fused-ring (bicyclic) bond motifs is 1. The number of aromatic nitrogens is 1. The van der Waals surface area contributed by atoms with E-state index in [0.717, 1.165) is 10.9 Å². The van der Waals surface area contributed by atoms with Crippen molar-refractivity contribution in [3.05, 3.63) is 58.9 Å². The van der Waals surface area contributed by atoms with Crippen molar-refractivity contribution in [1.29, 1.82) is 0 Å². The Morgan fingerprint density at radius 2 is 2.08 bits per heavy atom. The Hall–Kier alpha value is -2.77.